The summed E-state index contributed by atoms with van der Waals surface area (Å²) >= 11 is 3.36. The van der Waals surface area contributed by atoms with Gasteiger partial charge in [0.2, 0.25) is 0 Å². The Balaban J connectivity index is 1.69. The first-order valence-electron chi connectivity index (χ1n) is 7.18. The van der Waals surface area contributed by atoms with Gasteiger partial charge in [-0.15, -0.1) is 0 Å². The highest BCUT2D eigenvalue weighted by Crippen LogP contribution is 2.16. The second kappa shape index (κ2) is 6.42. The number of benzene rings is 1. The Morgan fingerprint density at radius 2 is 1.96 bits per heavy atom. The van der Waals surface area contributed by atoms with E-state index in [-0.39, 0.29) is 11.7 Å². The highest BCUT2D eigenvalue weighted by Gasteiger charge is 2.12. The molecule has 0 aliphatic carbocycles. The Hall–Kier alpha value is -2.34. The minimum absolute atomic E-state index is 0.271. The van der Waals surface area contributed by atoms with Crippen LogP contribution in [0.2, 0.25) is 0 Å². The Morgan fingerprint density at radius 3 is 2.61 bits per heavy atom. The molecule has 3 aromatic rings. The molecule has 3 rings (SSSR count). The molecule has 0 bridgehead atoms. The molecule has 0 unspecified atom stereocenters. The molecule has 2 aromatic heterocycles. The highest BCUT2D eigenvalue weighted by molar-refractivity contribution is 9.10. The molecule has 0 saturated carbocycles. The van der Waals surface area contributed by atoms with Crippen LogP contribution in [0.4, 0.5) is 5.69 Å². The summed E-state index contributed by atoms with van der Waals surface area (Å²) in [5.41, 5.74) is 2.73. The number of nitrogens with zero attached hydrogens (tertiary/aromatic N) is 2. The highest BCUT2D eigenvalue weighted by atomic mass is 79.9. The van der Waals surface area contributed by atoms with Crippen LogP contribution < -0.4 is 5.32 Å². The van der Waals surface area contributed by atoms with Gasteiger partial charge in [-0.3, -0.25) is 9.48 Å². The van der Waals surface area contributed by atoms with Gasteiger partial charge in [0.15, 0.2) is 5.76 Å². The number of rotatable bonds is 4. The van der Waals surface area contributed by atoms with Gasteiger partial charge < -0.3 is 9.73 Å². The van der Waals surface area contributed by atoms with E-state index in [1.807, 2.05) is 48.9 Å². The van der Waals surface area contributed by atoms with Crippen LogP contribution in [0, 0.1) is 13.8 Å². The van der Waals surface area contributed by atoms with Crippen LogP contribution in [0.3, 0.4) is 0 Å². The second-order valence-corrected chi connectivity index (χ2v) is 6.23. The third-order valence-corrected chi connectivity index (χ3v) is 3.93. The average molecular weight is 374 g/mol. The lowest BCUT2D eigenvalue weighted by Crippen LogP contribution is -2.10. The number of amides is 1. The number of carbonyl (C=O) groups is 1. The maximum Gasteiger partial charge on any atom is 0.291 e. The van der Waals surface area contributed by atoms with Crippen molar-refractivity contribution < 1.29 is 9.21 Å². The number of carbonyl (C=O) groups excluding carboxylic acids is 1. The van der Waals surface area contributed by atoms with Crippen molar-refractivity contribution in [2.45, 2.75) is 20.4 Å². The summed E-state index contributed by atoms with van der Waals surface area (Å²) in [5.74, 6) is 0.702. The molecule has 1 amide bonds. The lowest BCUT2D eigenvalue weighted by Gasteiger charge is -2.03. The molecule has 2 heterocycles. The van der Waals surface area contributed by atoms with Crippen molar-refractivity contribution in [3.8, 4) is 0 Å². The second-order valence-electron chi connectivity index (χ2n) is 5.31. The van der Waals surface area contributed by atoms with E-state index < -0.39 is 0 Å². The number of halogens is 1. The molecule has 0 spiro atoms. The van der Waals surface area contributed by atoms with Gasteiger partial charge in [-0.2, -0.15) is 5.10 Å². The van der Waals surface area contributed by atoms with Crippen molar-refractivity contribution in [2.75, 3.05) is 5.32 Å². The zero-order chi connectivity index (χ0) is 16.4. The summed E-state index contributed by atoms with van der Waals surface area (Å²) in [5, 5.41) is 7.19. The van der Waals surface area contributed by atoms with Gasteiger partial charge in [-0.05, 0) is 56.3 Å². The van der Waals surface area contributed by atoms with E-state index in [0.29, 0.717) is 12.3 Å². The third kappa shape index (κ3) is 3.71. The quantitative estimate of drug-likeness (QED) is 0.746. The van der Waals surface area contributed by atoms with Crippen LogP contribution >= 0.6 is 15.9 Å². The standard InChI is InChI=1S/C17H16BrN3O2/c1-11-9-12(2)21(20-11)10-15-7-8-16(23-15)17(22)19-14-5-3-13(18)4-6-14/h3-9H,10H2,1-2H3,(H,19,22). The van der Waals surface area contributed by atoms with Gasteiger partial charge >= 0.3 is 0 Å². The molecule has 6 heteroatoms. The van der Waals surface area contributed by atoms with Gasteiger partial charge in [0.1, 0.15) is 5.76 Å². The predicted octanol–water partition coefficient (Wildman–Crippen LogP) is 4.16. The molecular formula is C17H16BrN3O2. The normalized spacial score (nSPS) is 10.7. The Kier molecular flexibility index (Phi) is 4.34. The number of furan rings is 1. The van der Waals surface area contributed by atoms with E-state index in [9.17, 15) is 4.79 Å². The topological polar surface area (TPSA) is 60.1 Å². The molecule has 0 aliphatic rings. The average Bonchev–Trinajstić information content (AvgIpc) is 3.09. The minimum Gasteiger partial charge on any atom is -0.454 e. The Bertz CT molecular complexity index is 834. The lowest BCUT2D eigenvalue weighted by atomic mass is 10.3. The molecule has 0 atom stereocenters. The number of hydrogen-bond donors (Lipinski definition) is 1. The van der Waals surface area contributed by atoms with Crippen molar-refractivity contribution >= 4 is 27.5 Å². The first kappa shape index (κ1) is 15.6. The van der Waals surface area contributed by atoms with Crippen LogP contribution in [-0.2, 0) is 6.54 Å². The van der Waals surface area contributed by atoms with Crippen LogP contribution in [0.5, 0.6) is 0 Å². The van der Waals surface area contributed by atoms with E-state index in [2.05, 4.69) is 26.3 Å². The van der Waals surface area contributed by atoms with Gasteiger partial charge in [0, 0.05) is 15.9 Å². The SMILES string of the molecule is Cc1cc(C)n(Cc2ccc(C(=O)Nc3ccc(Br)cc3)o2)n1. The maximum absolute atomic E-state index is 12.2. The van der Waals surface area contributed by atoms with E-state index in [0.717, 1.165) is 21.5 Å². The first-order valence-corrected chi connectivity index (χ1v) is 7.97. The molecule has 1 N–H and O–H groups in total. The fraction of sp³-hybridized carbons (Fsp3) is 0.176. The van der Waals surface area contributed by atoms with Gasteiger partial charge in [0.25, 0.3) is 5.91 Å². The summed E-state index contributed by atoms with van der Waals surface area (Å²) in [6.45, 7) is 4.44. The van der Waals surface area contributed by atoms with Gasteiger partial charge in [-0.25, -0.2) is 0 Å². The van der Waals surface area contributed by atoms with Gasteiger partial charge in [-0.1, -0.05) is 15.9 Å². The third-order valence-electron chi connectivity index (χ3n) is 3.40. The van der Waals surface area contributed by atoms with Gasteiger partial charge in [0.05, 0.1) is 12.2 Å². The summed E-state index contributed by atoms with van der Waals surface area (Å²) in [4.78, 5) is 12.2. The molecule has 0 aliphatic heterocycles. The van der Waals surface area contributed by atoms with Crippen LogP contribution in [0.25, 0.3) is 0 Å². The number of nitrogens with one attached hydrogen (secondary N) is 1. The van der Waals surface area contributed by atoms with Crippen molar-refractivity contribution in [1.29, 1.82) is 0 Å². The lowest BCUT2D eigenvalue weighted by molar-refractivity contribution is 0.0994. The fourth-order valence-electron chi connectivity index (χ4n) is 2.29. The minimum atomic E-state index is -0.271. The zero-order valence-electron chi connectivity index (χ0n) is 12.8. The largest absolute Gasteiger partial charge is 0.454 e. The number of hydrogen-bond acceptors (Lipinski definition) is 3. The molecule has 118 valence electrons. The van der Waals surface area contributed by atoms with Crippen LogP contribution in [-0.4, -0.2) is 15.7 Å². The fourth-order valence-corrected chi connectivity index (χ4v) is 2.56. The molecule has 1 aromatic carbocycles. The monoisotopic (exact) mass is 373 g/mol. The summed E-state index contributed by atoms with van der Waals surface area (Å²) in [6, 6.07) is 12.9. The van der Waals surface area contributed by atoms with Crippen molar-refractivity contribution in [3.63, 3.8) is 0 Å². The summed E-state index contributed by atoms with van der Waals surface area (Å²) in [6.07, 6.45) is 0. The van der Waals surface area contributed by atoms with Crippen molar-refractivity contribution in [2.24, 2.45) is 0 Å². The zero-order valence-corrected chi connectivity index (χ0v) is 14.4. The van der Waals surface area contributed by atoms with Crippen molar-refractivity contribution in [3.05, 3.63) is 69.8 Å². The molecule has 0 fully saturated rings. The van der Waals surface area contributed by atoms with E-state index >= 15 is 0 Å². The van der Waals surface area contributed by atoms with Crippen molar-refractivity contribution in [1.82, 2.24) is 9.78 Å². The van der Waals surface area contributed by atoms with E-state index in [1.54, 1.807) is 12.1 Å². The Labute approximate surface area is 142 Å². The number of anilines is 1. The van der Waals surface area contributed by atoms with E-state index in [1.165, 1.54) is 0 Å². The van der Waals surface area contributed by atoms with Crippen LogP contribution in [0.15, 0.2) is 51.4 Å². The summed E-state index contributed by atoms with van der Waals surface area (Å²) < 4.78 is 8.44. The molecule has 5 nitrogen and oxygen atoms in total. The molecule has 23 heavy (non-hydrogen) atoms. The smallest absolute Gasteiger partial charge is 0.291 e. The molecule has 0 saturated heterocycles. The van der Waals surface area contributed by atoms with E-state index in [4.69, 9.17) is 4.42 Å². The van der Waals surface area contributed by atoms with Crippen LogP contribution in [0.1, 0.15) is 27.7 Å². The molecular weight excluding hydrogens is 358 g/mol. The number of aromatic nitrogens is 2. The maximum atomic E-state index is 12.2. The number of aryl methyl sites for hydroxylation is 2. The predicted molar refractivity (Wildman–Crippen MR) is 91.6 cm³/mol. The Morgan fingerprint density at radius 1 is 1.22 bits per heavy atom. The summed E-state index contributed by atoms with van der Waals surface area (Å²) in [7, 11) is 0. The molecule has 0 radical (unpaired) electrons. The first-order chi connectivity index (χ1) is 11.0.